The zero-order valence-electron chi connectivity index (χ0n) is 11.2. The monoisotopic (exact) mass is 259 g/mol. The Morgan fingerprint density at radius 2 is 2.47 bits per heavy atom. The van der Waals surface area contributed by atoms with Crippen molar-refractivity contribution in [3.8, 4) is 0 Å². The third kappa shape index (κ3) is 2.37. The van der Waals surface area contributed by atoms with Gasteiger partial charge < -0.3 is 10.6 Å². The largest absolute Gasteiger partial charge is 0.351 e. The van der Waals surface area contributed by atoms with E-state index in [9.17, 15) is 4.79 Å². The van der Waals surface area contributed by atoms with Crippen molar-refractivity contribution in [2.24, 2.45) is 11.3 Å². The Kier molecular flexibility index (Phi) is 3.51. The van der Waals surface area contributed by atoms with Crippen LogP contribution in [0.25, 0.3) is 0 Å². The highest BCUT2D eigenvalue weighted by Gasteiger charge is 2.49. The van der Waals surface area contributed by atoms with Crippen LogP contribution in [0.5, 0.6) is 0 Å². The van der Waals surface area contributed by atoms with Gasteiger partial charge in [0, 0.05) is 25.5 Å². The Bertz CT molecular complexity index is 448. The molecule has 3 rings (SSSR count). The molecule has 1 saturated heterocycles. The molecule has 0 bridgehead atoms. The van der Waals surface area contributed by atoms with E-state index in [1.807, 2.05) is 18.3 Å². The third-order valence-electron chi connectivity index (χ3n) is 4.67. The number of aromatic nitrogens is 1. The molecular weight excluding hydrogens is 238 g/mol. The van der Waals surface area contributed by atoms with E-state index in [1.54, 1.807) is 6.20 Å². The minimum absolute atomic E-state index is 0.152. The van der Waals surface area contributed by atoms with Gasteiger partial charge in [-0.05, 0) is 36.9 Å². The molecule has 1 aliphatic carbocycles. The topological polar surface area (TPSA) is 54.0 Å². The van der Waals surface area contributed by atoms with Gasteiger partial charge in [0.15, 0.2) is 0 Å². The fourth-order valence-electron chi connectivity index (χ4n) is 3.55. The zero-order chi connectivity index (χ0) is 13.1. The van der Waals surface area contributed by atoms with E-state index in [0.717, 1.165) is 25.1 Å². The number of rotatable bonds is 3. The van der Waals surface area contributed by atoms with Gasteiger partial charge >= 0.3 is 0 Å². The van der Waals surface area contributed by atoms with Crippen LogP contribution in [0.1, 0.15) is 31.2 Å². The quantitative estimate of drug-likeness (QED) is 0.864. The summed E-state index contributed by atoms with van der Waals surface area (Å²) < 4.78 is 0. The fourth-order valence-corrected chi connectivity index (χ4v) is 3.55. The lowest BCUT2D eigenvalue weighted by molar-refractivity contribution is -0.134. The molecule has 4 heteroatoms. The molecule has 0 spiro atoms. The summed E-state index contributed by atoms with van der Waals surface area (Å²) in [6.07, 6.45) is 8.23. The van der Waals surface area contributed by atoms with Crippen LogP contribution >= 0.6 is 0 Å². The second-order valence-corrected chi connectivity index (χ2v) is 5.77. The molecule has 19 heavy (non-hydrogen) atoms. The summed E-state index contributed by atoms with van der Waals surface area (Å²) in [5, 5.41) is 6.52. The predicted octanol–water partition coefficient (Wildman–Crippen LogP) is 1.48. The van der Waals surface area contributed by atoms with Crippen molar-refractivity contribution < 1.29 is 4.79 Å². The highest BCUT2D eigenvalue weighted by molar-refractivity contribution is 5.83. The van der Waals surface area contributed by atoms with Gasteiger partial charge in [0.25, 0.3) is 0 Å². The van der Waals surface area contributed by atoms with E-state index < -0.39 is 0 Å². The molecule has 0 radical (unpaired) electrons. The van der Waals surface area contributed by atoms with Crippen LogP contribution in [0, 0.1) is 11.3 Å². The van der Waals surface area contributed by atoms with Crippen LogP contribution < -0.4 is 10.6 Å². The summed E-state index contributed by atoms with van der Waals surface area (Å²) in [5.74, 6) is 0.751. The second kappa shape index (κ2) is 5.29. The maximum Gasteiger partial charge on any atom is 0.228 e. The molecule has 0 unspecified atom stereocenters. The van der Waals surface area contributed by atoms with E-state index in [4.69, 9.17) is 0 Å². The fraction of sp³-hybridized carbons (Fsp3) is 0.600. The van der Waals surface area contributed by atoms with Gasteiger partial charge in [0.05, 0.1) is 5.41 Å². The second-order valence-electron chi connectivity index (χ2n) is 5.77. The van der Waals surface area contributed by atoms with Gasteiger partial charge in [-0.15, -0.1) is 0 Å². The number of amides is 1. The lowest BCUT2D eigenvalue weighted by Gasteiger charge is -2.37. The Hall–Kier alpha value is -1.42. The molecule has 102 valence electrons. The van der Waals surface area contributed by atoms with Gasteiger partial charge in [0.2, 0.25) is 5.91 Å². The third-order valence-corrected chi connectivity index (χ3v) is 4.67. The number of fused-ring (bicyclic) bond motifs is 1. The minimum atomic E-state index is -0.152. The van der Waals surface area contributed by atoms with Crippen LogP contribution in [0.3, 0.4) is 0 Å². The maximum atomic E-state index is 12.6. The molecule has 2 aliphatic rings. The molecule has 1 amide bonds. The molecule has 1 aromatic heterocycles. The number of pyridine rings is 1. The predicted molar refractivity (Wildman–Crippen MR) is 73.3 cm³/mol. The van der Waals surface area contributed by atoms with Crippen molar-refractivity contribution in [3.63, 3.8) is 0 Å². The highest BCUT2D eigenvalue weighted by atomic mass is 16.2. The SMILES string of the molecule is O=C(NCc1cccnc1)[C@@]12CCCC[C@H]1CNC2. The number of nitrogens with zero attached hydrogens (tertiary/aromatic N) is 1. The molecule has 0 aromatic carbocycles. The molecule has 1 aliphatic heterocycles. The number of hydrogen-bond donors (Lipinski definition) is 2. The average molecular weight is 259 g/mol. The van der Waals surface area contributed by atoms with E-state index in [1.165, 1.54) is 19.3 Å². The van der Waals surface area contributed by atoms with Gasteiger partial charge in [-0.2, -0.15) is 0 Å². The molecule has 2 fully saturated rings. The van der Waals surface area contributed by atoms with Gasteiger partial charge in [-0.3, -0.25) is 9.78 Å². The Morgan fingerprint density at radius 3 is 3.32 bits per heavy atom. The van der Waals surface area contributed by atoms with Crippen LogP contribution in [-0.2, 0) is 11.3 Å². The van der Waals surface area contributed by atoms with Crippen LogP contribution in [-0.4, -0.2) is 24.0 Å². The van der Waals surface area contributed by atoms with Crippen molar-refractivity contribution >= 4 is 5.91 Å². The summed E-state index contributed by atoms with van der Waals surface area (Å²) in [6.45, 7) is 2.43. The van der Waals surface area contributed by atoms with E-state index in [2.05, 4.69) is 15.6 Å². The van der Waals surface area contributed by atoms with Gasteiger partial charge in [-0.25, -0.2) is 0 Å². The smallest absolute Gasteiger partial charge is 0.228 e. The molecule has 1 saturated carbocycles. The van der Waals surface area contributed by atoms with Gasteiger partial charge in [-0.1, -0.05) is 18.9 Å². The first-order valence-corrected chi connectivity index (χ1v) is 7.19. The first-order chi connectivity index (χ1) is 9.31. The number of carbonyl (C=O) groups excluding carboxylic acids is 1. The molecule has 2 heterocycles. The van der Waals surface area contributed by atoms with Crippen LogP contribution in [0.2, 0.25) is 0 Å². The molecule has 1 aromatic rings. The summed E-state index contributed by atoms with van der Waals surface area (Å²) in [7, 11) is 0. The average Bonchev–Trinajstić information content (AvgIpc) is 2.91. The zero-order valence-corrected chi connectivity index (χ0v) is 11.2. The highest BCUT2D eigenvalue weighted by Crippen LogP contribution is 2.43. The van der Waals surface area contributed by atoms with Crippen LogP contribution in [0.4, 0.5) is 0 Å². The molecule has 4 nitrogen and oxygen atoms in total. The number of nitrogens with one attached hydrogen (secondary N) is 2. The summed E-state index contributed by atoms with van der Waals surface area (Å²) in [5.41, 5.74) is 0.908. The molecular formula is C15H21N3O. The normalized spacial score (nSPS) is 29.8. The lowest BCUT2D eigenvalue weighted by atomic mass is 9.67. The minimum Gasteiger partial charge on any atom is -0.351 e. The van der Waals surface area contributed by atoms with Crippen molar-refractivity contribution in [3.05, 3.63) is 30.1 Å². The summed E-state index contributed by atoms with van der Waals surface area (Å²) in [4.78, 5) is 16.7. The lowest BCUT2D eigenvalue weighted by Crippen LogP contribution is -2.47. The first kappa shape index (κ1) is 12.6. The Morgan fingerprint density at radius 1 is 1.53 bits per heavy atom. The molecule has 2 N–H and O–H groups in total. The number of carbonyl (C=O) groups is 1. The molecule has 2 atom stereocenters. The maximum absolute atomic E-state index is 12.6. The van der Waals surface area contributed by atoms with Crippen molar-refractivity contribution in [2.75, 3.05) is 13.1 Å². The van der Waals surface area contributed by atoms with Crippen LogP contribution in [0.15, 0.2) is 24.5 Å². The summed E-state index contributed by atoms with van der Waals surface area (Å²) in [6, 6.07) is 3.90. The number of hydrogen-bond acceptors (Lipinski definition) is 3. The van der Waals surface area contributed by atoms with E-state index in [-0.39, 0.29) is 11.3 Å². The van der Waals surface area contributed by atoms with E-state index in [0.29, 0.717) is 12.5 Å². The Balaban J connectivity index is 1.66. The first-order valence-electron chi connectivity index (χ1n) is 7.19. The Labute approximate surface area is 114 Å². The summed E-state index contributed by atoms with van der Waals surface area (Å²) >= 11 is 0. The standard InChI is InChI=1S/C15H21N3O/c19-14(18-9-12-4-3-7-16-8-12)15-6-2-1-5-13(15)10-17-11-15/h3-4,7-8,13,17H,1-2,5-6,9-11H2,(H,18,19)/t13-,15+/m0/s1. The van der Waals surface area contributed by atoms with E-state index >= 15 is 0 Å². The van der Waals surface area contributed by atoms with Crippen molar-refractivity contribution in [1.82, 2.24) is 15.6 Å². The van der Waals surface area contributed by atoms with Crippen molar-refractivity contribution in [1.29, 1.82) is 0 Å². The van der Waals surface area contributed by atoms with Gasteiger partial charge in [0.1, 0.15) is 0 Å². The van der Waals surface area contributed by atoms with Crippen molar-refractivity contribution in [2.45, 2.75) is 32.2 Å².